The summed E-state index contributed by atoms with van der Waals surface area (Å²) in [5.74, 6) is 0.134. The molecule has 0 radical (unpaired) electrons. The summed E-state index contributed by atoms with van der Waals surface area (Å²) < 4.78 is 10.6. The summed E-state index contributed by atoms with van der Waals surface area (Å²) in [5, 5.41) is 0. The molecule has 0 bridgehead atoms. The van der Waals surface area contributed by atoms with Crippen molar-refractivity contribution in [1.29, 1.82) is 0 Å². The third-order valence-electron chi connectivity index (χ3n) is 4.47. The minimum Gasteiger partial charge on any atom is -0.466 e. The zero-order valence-corrected chi connectivity index (χ0v) is 17.5. The molecule has 0 N–H and O–H groups in total. The van der Waals surface area contributed by atoms with Crippen LogP contribution in [0.5, 0.6) is 5.75 Å². The fourth-order valence-electron chi connectivity index (χ4n) is 2.71. The molecule has 0 saturated heterocycles. The lowest BCUT2D eigenvalue weighted by Gasteiger charge is -2.18. The second kappa shape index (κ2) is 12.5. The van der Waals surface area contributed by atoms with Gasteiger partial charge in [0.2, 0.25) is 0 Å². The van der Waals surface area contributed by atoms with E-state index in [9.17, 15) is 9.59 Å². The van der Waals surface area contributed by atoms with Gasteiger partial charge in [-0.15, -0.1) is 0 Å². The number of rotatable bonds is 12. The van der Waals surface area contributed by atoms with Gasteiger partial charge in [-0.2, -0.15) is 0 Å². The summed E-state index contributed by atoms with van der Waals surface area (Å²) in [6.45, 7) is 9.12. The van der Waals surface area contributed by atoms with Crippen LogP contribution in [0.25, 0.3) is 0 Å². The lowest BCUT2D eigenvalue weighted by molar-refractivity contribution is -0.144. The van der Waals surface area contributed by atoms with E-state index in [0.29, 0.717) is 38.0 Å². The number of hydrogen-bond acceptors (Lipinski definition) is 4. The smallest absolute Gasteiger partial charge is 0.311 e. The SMILES string of the molecule is CCCCCCCOC(=O)CCCCC(=O)Oc1ccc(C(C)(C)C)cc1. The Balaban J connectivity index is 2.12. The molecule has 0 spiro atoms. The van der Waals surface area contributed by atoms with E-state index in [1.165, 1.54) is 24.8 Å². The van der Waals surface area contributed by atoms with E-state index in [4.69, 9.17) is 9.47 Å². The predicted molar refractivity (Wildman–Crippen MR) is 109 cm³/mol. The average molecular weight is 377 g/mol. The predicted octanol–water partition coefficient (Wildman–Crippen LogP) is 5.96. The Hall–Kier alpha value is -1.84. The van der Waals surface area contributed by atoms with Crippen LogP contribution in [-0.4, -0.2) is 18.5 Å². The zero-order valence-electron chi connectivity index (χ0n) is 17.5. The van der Waals surface area contributed by atoms with E-state index < -0.39 is 0 Å². The molecular formula is C23H36O4. The van der Waals surface area contributed by atoms with E-state index in [0.717, 1.165) is 12.8 Å². The largest absolute Gasteiger partial charge is 0.466 e. The monoisotopic (exact) mass is 376 g/mol. The van der Waals surface area contributed by atoms with Gasteiger partial charge in [-0.05, 0) is 42.4 Å². The van der Waals surface area contributed by atoms with Crippen molar-refractivity contribution in [3.63, 3.8) is 0 Å². The highest BCUT2D eigenvalue weighted by Gasteiger charge is 2.13. The van der Waals surface area contributed by atoms with Gasteiger partial charge in [-0.1, -0.05) is 65.5 Å². The summed E-state index contributed by atoms with van der Waals surface area (Å²) in [7, 11) is 0. The minimum absolute atomic E-state index is 0.0760. The Bertz CT molecular complexity index is 555. The van der Waals surface area contributed by atoms with Crippen molar-refractivity contribution in [2.45, 2.75) is 90.9 Å². The van der Waals surface area contributed by atoms with Crippen molar-refractivity contribution >= 4 is 11.9 Å². The Kier molecular flexibility index (Phi) is 10.8. The molecule has 0 aliphatic carbocycles. The summed E-state index contributed by atoms with van der Waals surface area (Å²) in [6, 6.07) is 7.63. The first-order chi connectivity index (χ1) is 12.8. The second-order valence-corrected chi connectivity index (χ2v) is 8.09. The Morgan fingerprint density at radius 2 is 1.41 bits per heavy atom. The quantitative estimate of drug-likeness (QED) is 0.256. The van der Waals surface area contributed by atoms with E-state index in [-0.39, 0.29) is 17.4 Å². The molecule has 0 aliphatic rings. The fraction of sp³-hybridized carbons (Fsp3) is 0.652. The minimum atomic E-state index is -0.261. The van der Waals surface area contributed by atoms with Crippen LogP contribution in [-0.2, 0) is 19.7 Å². The molecule has 0 heterocycles. The van der Waals surface area contributed by atoms with Crippen LogP contribution in [0.1, 0.15) is 91.0 Å². The fourth-order valence-corrected chi connectivity index (χ4v) is 2.71. The van der Waals surface area contributed by atoms with Gasteiger partial charge >= 0.3 is 11.9 Å². The normalized spacial score (nSPS) is 11.3. The topological polar surface area (TPSA) is 52.6 Å². The number of carbonyl (C=O) groups is 2. The summed E-state index contributed by atoms with van der Waals surface area (Å²) in [4.78, 5) is 23.5. The maximum atomic E-state index is 11.9. The van der Waals surface area contributed by atoms with Crippen LogP contribution in [0.4, 0.5) is 0 Å². The summed E-state index contributed by atoms with van der Waals surface area (Å²) in [5.41, 5.74) is 1.28. The molecule has 0 atom stereocenters. The Labute approximate surface area is 164 Å². The van der Waals surface area contributed by atoms with Crippen molar-refractivity contribution in [2.75, 3.05) is 6.61 Å². The molecule has 0 saturated carbocycles. The van der Waals surface area contributed by atoms with Crippen LogP contribution in [0.2, 0.25) is 0 Å². The third-order valence-corrected chi connectivity index (χ3v) is 4.47. The molecule has 1 rings (SSSR count). The molecular weight excluding hydrogens is 340 g/mol. The average Bonchev–Trinajstić information content (AvgIpc) is 2.61. The van der Waals surface area contributed by atoms with Gasteiger partial charge in [0, 0.05) is 12.8 Å². The van der Waals surface area contributed by atoms with Crippen molar-refractivity contribution < 1.29 is 19.1 Å². The van der Waals surface area contributed by atoms with Crippen molar-refractivity contribution in [3.05, 3.63) is 29.8 Å². The second-order valence-electron chi connectivity index (χ2n) is 8.09. The molecule has 27 heavy (non-hydrogen) atoms. The van der Waals surface area contributed by atoms with Crippen LogP contribution < -0.4 is 4.74 Å². The molecule has 0 unspecified atom stereocenters. The lowest BCUT2D eigenvalue weighted by atomic mass is 9.87. The van der Waals surface area contributed by atoms with Gasteiger partial charge in [-0.25, -0.2) is 0 Å². The Morgan fingerprint density at radius 3 is 2.00 bits per heavy atom. The number of carbonyl (C=O) groups excluding carboxylic acids is 2. The molecule has 4 heteroatoms. The highest BCUT2D eigenvalue weighted by atomic mass is 16.5. The first-order valence-electron chi connectivity index (χ1n) is 10.3. The van der Waals surface area contributed by atoms with Gasteiger partial charge < -0.3 is 9.47 Å². The van der Waals surface area contributed by atoms with Gasteiger partial charge in [0.1, 0.15) is 5.75 Å². The number of benzene rings is 1. The van der Waals surface area contributed by atoms with Gasteiger partial charge in [0.15, 0.2) is 0 Å². The molecule has 1 aromatic rings. The highest BCUT2D eigenvalue weighted by Crippen LogP contribution is 2.24. The molecule has 152 valence electrons. The summed E-state index contributed by atoms with van der Waals surface area (Å²) in [6.07, 6.45) is 7.66. The van der Waals surface area contributed by atoms with E-state index >= 15 is 0 Å². The first kappa shape index (κ1) is 23.2. The van der Waals surface area contributed by atoms with Crippen LogP contribution >= 0.6 is 0 Å². The molecule has 1 aromatic carbocycles. The number of ether oxygens (including phenoxy) is 2. The molecule has 0 amide bonds. The summed E-state index contributed by atoms with van der Waals surface area (Å²) >= 11 is 0. The third kappa shape index (κ3) is 10.8. The maximum absolute atomic E-state index is 11.9. The van der Waals surface area contributed by atoms with Crippen LogP contribution in [0.3, 0.4) is 0 Å². The number of unbranched alkanes of at least 4 members (excludes halogenated alkanes) is 5. The number of esters is 2. The Morgan fingerprint density at radius 1 is 0.815 bits per heavy atom. The molecule has 4 nitrogen and oxygen atoms in total. The lowest BCUT2D eigenvalue weighted by Crippen LogP contribution is -2.11. The molecule has 0 aliphatic heterocycles. The van der Waals surface area contributed by atoms with Gasteiger partial charge in [0.05, 0.1) is 6.61 Å². The van der Waals surface area contributed by atoms with Gasteiger partial charge in [-0.3, -0.25) is 9.59 Å². The molecule has 0 aromatic heterocycles. The molecule has 0 fully saturated rings. The van der Waals surface area contributed by atoms with Crippen molar-refractivity contribution in [1.82, 2.24) is 0 Å². The van der Waals surface area contributed by atoms with Crippen molar-refractivity contribution in [2.24, 2.45) is 0 Å². The van der Waals surface area contributed by atoms with E-state index in [1.807, 2.05) is 24.3 Å². The van der Waals surface area contributed by atoms with E-state index in [1.54, 1.807) is 0 Å². The highest BCUT2D eigenvalue weighted by molar-refractivity contribution is 5.72. The number of hydrogen-bond donors (Lipinski definition) is 0. The maximum Gasteiger partial charge on any atom is 0.311 e. The van der Waals surface area contributed by atoms with Crippen LogP contribution in [0, 0.1) is 0 Å². The first-order valence-corrected chi connectivity index (χ1v) is 10.3. The van der Waals surface area contributed by atoms with Gasteiger partial charge in [0.25, 0.3) is 0 Å². The zero-order chi connectivity index (χ0) is 20.1. The standard InChI is InChI=1S/C23H36O4/c1-5-6-7-8-11-18-26-21(24)12-9-10-13-22(25)27-20-16-14-19(15-17-20)23(2,3)4/h14-17H,5-13,18H2,1-4H3. The van der Waals surface area contributed by atoms with E-state index in [2.05, 4.69) is 27.7 Å². The van der Waals surface area contributed by atoms with Crippen molar-refractivity contribution in [3.8, 4) is 5.75 Å². The van der Waals surface area contributed by atoms with Crippen LogP contribution in [0.15, 0.2) is 24.3 Å².